The Labute approximate surface area is 231 Å². The van der Waals surface area contributed by atoms with Crippen LogP contribution in [0.15, 0.2) is 82.8 Å². The number of anilines is 1. The quantitative estimate of drug-likeness (QED) is 0.286. The molecule has 1 fully saturated rings. The summed E-state index contributed by atoms with van der Waals surface area (Å²) in [7, 11) is -3.59. The highest BCUT2D eigenvalue weighted by molar-refractivity contribution is 7.99. The maximum absolute atomic E-state index is 13.2. The topological polar surface area (TPSA) is 97.2 Å². The molecule has 1 N–H and O–H groups in total. The van der Waals surface area contributed by atoms with E-state index in [1.54, 1.807) is 30.3 Å². The van der Waals surface area contributed by atoms with Crippen molar-refractivity contribution in [1.29, 1.82) is 0 Å². The minimum atomic E-state index is -3.59. The number of nitrogens with one attached hydrogen (secondary N) is 1. The van der Waals surface area contributed by atoms with Gasteiger partial charge in [-0.05, 0) is 61.7 Å². The van der Waals surface area contributed by atoms with Gasteiger partial charge in [0.25, 0.3) is 0 Å². The maximum atomic E-state index is 13.2. The molecule has 0 saturated carbocycles. The second-order valence-corrected chi connectivity index (χ2v) is 12.2. The average molecular weight is 568 g/mol. The van der Waals surface area contributed by atoms with Crippen LogP contribution in [-0.4, -0.2) is 52.2 Å². The number of aromatic nitrogens is 3. The highest BCUT2D eigenvalue weighted by Crippen LogP contribution is 2.31. The summed E-state index contributed by atoms with van der Waals surface area (Å²) in [5.74, 6) is 0.381. The Kier molecular flexibility index (Phi) is 7.85. The summed E-state index contributed by atoms with van der Waals surface area (Å²) in [4.78, 5) is 13.0. The predicted octanol–water partition coefficient (Wildman–Crippen LogP) is 5.41. The van der Waals surface area contributed by atoms with Gasteiger partial charge in [0.15, 0.2) is 11.0 Å². The van der Waals surface area contributed by atoms with Crippen molar-refractivity contribution < 1.29 is 13.2 Å². The highest BCUT2D eigenvalue weighted by Gasteiger charge is 2.28. The number of carbonyl (C=O) groups is 1. The summed E-state index contributed by atoms with van der Waals surface area (Å²) in [5.41, 5.74) is 2.98. The summed E-state index contributed by atoms with van der Waals surface area (Å²) < 4.78 is 29.7. The molecule has 1 aliphatic heterocycles. The third-order valence-electron chi connectivity index (χ3n) is 6.25. The highest BCUT2D eigenvalue weighted by atomic mass is 35.5. The monoisotopic (exact) mass is 567 g/mol. The Bertz CT molecular complexity index is 1570. The number of carbonyl (C=O) groups excluding carboxylic acids is 1. The molecule has 8 nitrogen and oxygen atoms in total. The largest absolute Gasteiger partial charge is 0.325 e. The lowest BCUT2D eigenvalue weighted by molar-refractivity contribution is -0.113. The summed E-state index contributed by atoms with van der Waals surface area (Å²) >= 11 is 7.32. The number of benzene rings is 3. The lowest BCUT2D eigenvalue weighted by Crippen LogP contribution is -2.27. The molecule has 1 aliphatic rings. The molecule has 5 rings (SSSR count). The molecular weight excluding hydrogens is 542 g/mol. The van der Waals surface area contributed by atoms with Crippen LogP contribution >= 0.6 is 23.4 Å². The van der Waals surface area contributed by atoms with E-state index in [9.17, 15) is 13.2 Å². The van der Waals surface area contributed by atoms with Crippen LogP contribution in [0.5, 0.6) is 0 Å². The van der Waals surface area contributed by atoms with E-state index in [-0.39, 0.29) is 16.6 Å². The van der Waals surface area contributed by atoms with Gasteiger partial charge in [-0.15, -0.1) is 10.2 Å². The summed E-state index contributed by atoms with van der Waals surface area (Å²) in [5, 5.41) is 12.7. The molecule has 4 aromatic rings. The van der Waals surface area contributed by atoms with Crippen LogP contribution in [0, 0.1) is 6.92 Å². The van der Waals surface area contributed by atoms with E-state index < -0.39 is 10.0 Å². The van der Waals surface area contributed by atoms with E-state index in [1.165, 1.54) is 16.1 Å². The standard InChI is InChI=1S/C27H26ClN5O3S2/c1-19-12-13-21(28)17-24(19)29-25(34)18-37-27-31-30-26(33(27)22-9-3-2-4-10-22)20-8-7-11-23(16-20)38(35,36)32-14-5-6-15-32/h2-4,7-13,16-17H,5-6,14-15,18H2,1H3,(H,29,34). The number of aryl methyl sites for hydroxylation is 1. The molecule has 1 aromatic heterocycles. The predicted molar refractivity (Wildman–Crippen MR) is 150 cm³/mol. The smallest absolute Gasteiger partial charge is 0.243 e. The molecule has 3 aromatic carbocycles. The Morgan fingerprint density at radius 1 is 1.00 bits per heavy atom. The first-order valence-corrected chi connectivity index (χ1v) is 14.9. The van der Waals surface area contributed by atoms with Gasteiger partial charge in [-0.2, -0.15) is 4.31 Å². The van der Waals surface area contributed by atoms with Gasteiger partial charge in [0, 0.05) is 35.1 Å². The number of para-hydroxylation sites is 1. The third-order valence-corrected chi connectivity index (χ3v) is 9.31. The maximum Gasteiger partial charge on any atom is 0.243 e. The van der Waals surface area contributed by atoms with Crippen molar-refractivity contribution in [3.8, 4) is 17.1 Å². The van der Waals surface area contributed by atoms with E-state index in [0.29, 0.717) is 40.3 Å². The summed E-state index contributed by atoms with van der Waals surface area (Å²) in [6, 6.07) is 21.7. The lowest BCUT2D eigenvalue weighted by atomic mass is 10.2. The molecule has 196 valence electrons. The number of thioether (sulfide) groups is 1. The Morgan fingerprint density at radius 3 is 2.53 bits per heavy atom. The fourth-order valence-corrected chi connectivity index (χ4v) is 6.77. The number of halogens is 1. The molecule has 2 heterocycles. The van der Waals surface area contributed by atoms with Crippen molar-refractivity contribution in [3.63, 3.8) is 0 Å². The van der Waals surface area contributed by atoms with Gasteiger partial charge < -0.3 is 5.32 Å². The Morgan fingerprint density at radius 2 is 1.76 bits per heavy atom. The molecule has 0 atom stereocenters. The van der Waals surface area contributed by atoms with Crippen LogP contribution in [0.4, 0.5) is 5.69 Å². The van der Waals surface area contributed by atoms with E-state index in [2.05, 4.69) is 15.5 Å². The van der Waals surface area contributed by atoms with Crippen molar-refractivity contribution in [1.82, 2.24) is 19.1 Å². The van der Waals surface area contributed by atoms with E-state index >= 15 is 0 Å². The molecule has 0 spiro atoms. The first-order chi connectivity index (χ1) is 18.3. The van der Waals surface area contributed by atoms with E-state index in [4.69, 9.17) is 11.6 Å². The lowest BCUT2D eigenvalue weighted by Gasteiger charge is -2.16. The second-order valence-electron chi connectivity index (χ2n) is 8.91. The van der Waals surface area contributed by atoms with Crippen LogP contribution in [0.2, 0.25) is 5.02 Å². The SMILES string of the molecule is Cc1ccc(Cl)cc1NC(=O)CSc1nnc(-c2cccc(S(=O)(=O)N3CCCC3)c2)n1-c1ccccc1. The van der Waals surface area contributed by atoms with Crippen molar-refractivity contribution in [3.05, 3.63) is 83.4 Å². The molecule has 38 heavy (non-hydrogen) atoms. The molecule has 0 bridgehead atoms. The number of hydrogen-bond donors (Lipinski definition) is 1. The van der Waals surface area contributed by atoms with Crippen molar-refractivity contribution in [2.75, 3.05) is 24.2 Å². The van der Waals surface area contributed by atoms with Crippen LogP contribution in [-0.2, 0) is 14.8 Å². The Balaban J connectivity index is 1.44. The second kappa shape index (κ2) is 11.3. The molecular formula is C27H26ClN5O3S2. The first kappa shape index (κ1) is 26.4. The molecule has 11 heteroatoms. The number of nitrogens with zero attached hydrogens (tertiary/aromatic N) is 4. The zero-order chi connectivity index (χ0) is 26.7. The molecule has 0 radical (unpaired) electrons. The molecule has 1 amide bonds. The van der Waals surface area contributed by atoms with Crippen molar-refractivity contribution in [2.45, 2.75) is 29.8 Å². The molecule has 0 unspecified atom stereocenters. The zero-order valence-corrected chi connectivity index (χ0v) is 23.1. The van der Waals surface area contributed by atoms with Gasteiger partial charge in [-0.3, -0.25) is 9.36 Å². The van der Waals surface area contributed by atoms with Gasteiger partial charge in [0.1, 0.15) is 0 Å². The zero-order valence-electron chi connectivity index (χ0n) is 20.7. The fraction of sp³-hybridized carbons (Fsp3) is 0.222. The van der Waals surface area contributed by atoms with Crippen molar-refractivity contribution >= 4 is 45.0 Å². The van der Waals surface area contributed by atoms with Crippen LogP contribution in [0.1, 0.15) is 18.4 Å². The molecule has 0 aliphatic carbocycles. The van der Waals surface area contributed by atoms with Gasteiger partial charge in [0.05, 0.1) is 10.6 Å². The number of amides is 1. The summed E-state index contributed by atoms with van der Waals surface area (Å²) in [6.07, 6.45) is 1.73. The van der Waals surface area contributed by atoms with Crippen LogP contribution < -0.4 is 5.32 Å². The average Bonchev–Trinajstić information content (AvgIpc) is 3.61. The third kappa shape index (κ3) is 5.63. The minimum absolute atomic E-state index is 0.0975. The first-order valence-electron chi connectivity index (χ1n) is 12.1. The number of sulfonamides is 1. The van der Waals surface area contributed by atoms with E-state index in [0.717, 1.165) is 24.1 Å². The normalized spacial score (nSPS) is 14.1. The van der Waals surface area contributed by atoms with Gasteiger partial charge in [-0.25, -0.2) is 8.42 Å². The fourth-order valence-electron chi connectivity index (χ4n) is 4.28. The summed E-state index contributed by atoms with van der Waals surface area (Å²) in [6.45, 7) is 2.96. The Hall–Kier alpha value is -3.18. The van der Waals surface area contributed by atoms with E-state index in [1.807, 2.05) is 54.0 Å². The van der Waals surface area contributed by atoms with Gasteiger partial charge in [-0.1, -0.05) is 59.8 Å². The van der Waals surface area contributed by atoms with Crippen LogP contribution in [0.25, 0.3) is 17.1 Å². The minimum Gasteiger partial charge on any atom is -0.325 e. The number of rotatable bonds is 8. The van der Waals surface area contributed by atoms with Gasteiger partial charge >= 0.3 is 0 Å². The van der Waals surface area contributed by atoms with Crippen molar-refractivity contribution in [2.24, 2.45) is 0 Å². The number of hydrogen-bond acceptors (Lipinski definition) is 6. The van der Waals surface area contributed by atoms with Gasteiger partial charge in [0.2, 0.25) is 15.9 Å². The van der Waals surface area contributed by atoms with Crippen LogP contribution in [0.3, 0.4) is 0 Å². The molecule has 1 saturated heterocycles.